The van der Waals surface area contributed by atoms with Crippen molar-refractivity contribution in [2.45, 2.75) is 58.5 Å². The summed E-state index contributed by atoms with van der Waals surface area (Å²) in [5.74, 6) is 0.890. The molecule has 0 saturated heterocycles. The molecule has 0 heterocycles. The Morgan fingerprint density at radius 3 is 2.43 bits per heavy atom. The fraction of sp³-hybridized carbons (Fsp3) is 0.917. The highest BCUT2D eigenvalue weighted by Gasteiger charge is 2.26. The second kappa shape index (κ2) is 5.36. The van der Waals surface area contributed by atoms with Gasteiger partial charge in [-0.05, 0) is 25.7 Å². The lowest BCUT2D eigenvalue weighted by Gasteiger charge is -2.31. The number of nitriles is 1. The summed E-state index contributed by atoms with van der Waals surface area (Å²) >= 11 is 0. The standard InChI is InChI=1S/C12H22N2/c1-9(2)10(3)14-12-7-5-4-6-11(12)8-13/h9-12,14H,4-7H2,1-3H3. The minimum Gasteiger partial charge on any atom is -0.310 e. The predicted molar refractivity (Wildman–Crippen MR) is 58.8 cm³/mol. The maximum Gasteiger partial charge on any atom is 0.0672 e. The first-order valence-electron chi connectivity index (χ1n) is 5.80. The second-order valence-electron chi connectivity index (χ2n) is 4.83. The molecule has 3 unspecified atom stereocenters. The zero-order valence-electron chi connectivity index (χ0n) is 9.59. The van der Waals surface area contributed by atoms with Gasteiger partial charge in [-0.1, -0.05) is 26.7 Å². The summed E-state index contributed by atoms with van der Waals surface area (Å²) < 4.78 is 0. The van der Waals surface area contributed by atoms with Gasteiger partial charge in [-0.2, -0.15) is 5.26 Å². The van der Waals surface area contributed by atoms with Gasteiger partial charge in [-0.25, -0.2) is 0 Å². The van der Waals surface area contributed by atoms with Crippen LogP contribution in [0.15, 0.2) is 0 Å². The lowest BCUT2D eigenvalue weighted by atomic mass is 9.84. The zero-order chi connectivity index (χ0) is 10.6. The normalized spacial score (nSPS) is 29.9. The number of nitrogens with one attached hydrogen (secondary N) is 1. The maximum atomic E-state index is 9.02. The molecule has 0 bridgehead atoms. The molecule has 1 fully saturated rings. The summed E-state index contributed by atoms with van der Waals surface area (Å²) in [4.78, 5) is 0. The third-order valence-electron chi connectivity index (χ3n) is 3.41. The Morgan fingerprint density at radius 2 is 1.86 bits per heavy atom. The first-order valence-corrected chi connectivity index (χ1v) is 5.80. The minimum absolute atomic E-state index is 0.241. The molecule has 1 saturated carbocycles. The van der Waals surface area contributed by atoms with Crippen molar-refractivity contribution in [3.63, 3.8) is 0 Å². The van der Waals surface area contributed by atoms with E-state index in [0.717, 1.165) is 6.42 Å². The molecule has 1 rings (SSSR count). The van der Waals surface area contributed by atoms with Crippen LogP contribution < -0.4 is 5.32 Å². The highest BCUT2D eigenvalue weighted by atomic mass is 15.0. The van der Waals surface area contributed by atoms with E-state index < -0.39 is 0 Å². The molecule has 0 aliphatic heterocycles. The Labute approximate surface area is 87.7 Å². The number of hydrogen-bond acceptors (Lipinski definition) is 2. The summed E-state index contributed by atoms with van der Waals surface area (Å²) in [6.07, 6.45) is 4.77. The van der Waals surface area contributed by atoms with Crippen molar-refractivity contribution in [3.8, 4) is 6.07 Å². The van der Waals surface area contributed by atoms with E-state index in [9.17, 15) is 0 Å². The fourth-order valence-corrected chi connectivity index (χ4v) is 2.02. The Hall–Kier alpha value is -0.550. The van der Waals surface area contributed by atoms with Crippen molar-refractivity contribution in [2.24, 2.45) is 11.8 Å². The molecule has 3 atom stereocenters. The molecule has 2 heteroatoms. The first-order chi connectivity index (χ1) is 6.65. The van der Waals surface area contributed by atoms with E-state index in [0.29, 0.717) is 18.0 Å². The molecule has 80 valence electrons. The van der Waals surface area contributed by atoms with Crippen LogP contribution in [-0.4, -0.2) is 12.1 Å². The topological polar surface area (TPSA) is 35.8 Å². The van der Waals surface area contributed by atoms with Crippen LogP contribution in [0.3, 0.4) is 0 Å². The van der Waals surface area contributed by atoms with Gasteiger partial charge in [0.2, 0.25) is 0 Å². The quantitative estimate of drug-likeness (QED) is 0.750. The Balaban J connectivity index is 2.45. The molecular weight excluding hydrogens is 172 g/mol. The van der Waals surface area contributed by atoms with E-state index in [1.165, 1.54) is 19.3 Å². The fourth-order valence-electron chi connectivity index (χ4n) is 2.02. The summed E-state index contributed by atoms with van der Waals surface area (Å²) in [6, 6.07) is 3.39. The third-order valence-corrected chi connectivity index (χ3v) is 3.41. The van der Waals surface area contributed by atoms with Gasteiger partial charge < -0.3 is 5.32 Å². The first kappa shape index (κ1) is 11.5. The zero-order valence-corrected chi connectivity index (χ0v) is 9.59. The average Bonchev–Trinajstić information content (AvgIpc) is 2.18. The highest BCUT2D eigenvalue weighted by molar-refractivity contribution is 4.95. The van der Waals surface area contributed by atoms with Crippen molar-refractivity contribution in [3.05, 3.63) is 0 Å². The van der Waals surface area contributed by atoms with Gasteiger partial charge in [0, 0.05) is 12.1 Å². The van der Waals surface area contributed by atoms with E-state index in [-0.39, 0.29) is 5.92 Å². The van der Waals surface area contributed by atoms with Crippen LogP contribution in [0.25, 0.3) is 0 Å². The molecule has 0 aromatic carbocycles. The van der Waals surface area contributed by atoms with Gasteiger partial charge >= 0.3 is 0 Å². The SMILES string of the molecule is CC(C)C(C)NC1CCCCC1C#N. The van der Waals surface area contributed by atoms with Gasteiger partial charge in [0.25, 0.3) is 0 Å². The molecule has 0 amide bonds. The molecule has 1 aliphatic carbocycles. The van der Waals surface area contributed by atoms with Crippen molar-refractivity contribution in [2.75, 3.05) is 0 Å². The van der Waals surface area contributed by atoms with Crippen LogP contribution in [-0.2, 0) is 0 Å². The number of nitrogens with zero attached hydrogens (tertiary/aromatic N) is 1. The van der Waals surface area contributed by atoms with Crippen LogP contribution in [0.5, 0.6) is 0 Å². The Kier molecular flexibility index (Phi) is 4.41. The minimum atomic E-state index is 0.241. The van der Waals surface area contributed by atoms with Gasteiger partial charge in [0.1, 0.15) is 0 Å². The summed E-state index contributed by atoms with van der Waals surface area (Å²) in [5, 5.41) is 12.6. The predicted octanol–water partition coefficient (Wildman–Crippen LogP) is 2.70. The van der Waals surface area contributed by atoms with E-state index in [1.54, 1.807) is 0 Å². The van der Waals surface area contributed by atoms with Gasteiger partial charge in [-0.3, -0.25) is 0 Å². The summed E-state index contributed by atoms with van der Waals surface area (Å²) in [5.41, 5.74) is 0. The highest BCUT2D eigenvalue weighted by Crippen LogP contribution is 2.24. The van der Waals surface area contributed by atoms with E-state index in [2.05, 4.69) is 32.2 Å². The lowest BCUT2D eigenvalue weighted by Crippen LogP contribution is -2.44. The van der Waals surface area contributed by atoms with Gasteiger partial charge in [-0.15, -0.1) is 0 Å². The third kappa shape index (κ3) is 2.99. The van der Waals surface area contributed by atoms with Crippen LogP contribution in [0.4, 0.5) is 0 Å². The van der Waals surface area contributed by atoms with Crippen LogP contribution in [0.2, 0.25) is 0 Å². The largest absolute Gasteiger partial charge is 0.310 e. The van der Waals surface area contributed by atoms with Crippen molar-refractivity contribution in [1.82, 2.24) is 5.32 Å². The van der Waals surface area contributed by atoms with Crippen LogP contribution in [0, 0.1) is 23.2 Å². The van der Waals surface area contributed by atoms with Gasteiger partial charge in [0.05, 0.1) is 12.0 Å². The molecule has 14 heavy (non-hydrogen) atoms. The molecule has 1 aliphatic rings. The van der Waals surface area contributed by atoms with Crippen molar-refractivity contribution >= 4 is 0 Å². The van der Waals surface area contributed by atoms with E-state index in [1.807, 2.05) is 0 Å². The van der Waals surface area contributed by atoms with E-state index >= 15 is 0 Å². The summed E-state index contributed by atoms with van der Waals surface area (Å²) in [6.45, 7) is 6.66. The number of hydrogen-bond donors (Lipinski definition) is 1. The smallest absolute Gasteiger partial charge is 0.0672 e. The van der Waals surface area contributed by atoms with Crippen LogP contribution >= 0.6 is 0 Å². The lowest BCUT2D eigenvalue weighted by molar-refractivity contribution is 0.267. The summed E-state index contributed by atoms with van der Waals surface area (Å²) in [7, 11) is 0. The average molecular weight is 194 g/mol. The van der Waals surface area contributed by atoms with Gasteiger partial charge in [0.15, 0.2) is 0 Å². The Morgan fingerprint density at radius 1 is 1.21 bits per heavy atom. The number of rotatable bonds is 3. The molecule has 2 nitrogen and oxygen atoms in total. The maximum absolute atomic E-state index is 9.02. The molecular formula is C12H22N2. The van der Waals surface area contributed by atoms with Crippen LogP contribution in [0.1, 0.15) is 46.5 Å². The second-order valence-corrected chi connectivity index (χ2v) is 4.83. The molecule has 0 aromatic heterocycles. The van der Waals surface area contributed by atoms with E-state index in [4.69, 9.17) is 5.26 Å². The molecule has 0 aromatic rings. The Bertz CT molecular complexity index is 205. The van der Waals surface area contributed by atoms with Crippen molar-refractivity contribution in [1.29, 1.82) is 5.26 Å². The molecule has 0 radical (unpaired) electrons. The monoisotopic (exact) mass is 194 g/mol. The molecule has 1 N–H and O–H groups in total. The molecule has 0 spiro atoms. The van der Waals surface area contributed by atoms with Crippen molar-refractivity contribution < 1.29 is 0 Å².